The van der Waals surface area contributed by atoms with Gasteiger partial charge in [-0.25, -0.2) is 9.97 Å². The first kappa shape index (κ1) is 13.1. The van der Waals surface area contributed by atoms with Crippen molar-refractivity contribution in [2.45, 2.75) is 20.8 Å². The van der Waals surface area contributed by atoms with Crippen LogP contribution < -0.4 is 5.32 Å². The molecule has 0 fully saturated rings. The third-order valence-electron chi connectivity index (χ3n) is 3.34. The Bertz CT molecular complexity index is 762. The summed E-state index contributed by atoms with van der Waals surface area (Å²) in [6.07, 6.45) is 0. The number of fused-ring (bicyclic) bond motifs is 1. The van der Waals surface area contributed by atoms with Crippen LogP contribution >= 0.6 is 11.3 Å². The molecule has 2 aromatic heterocycles. The van der Waals surface area contributed by atoms with Crippen molar-refractivity contribution in [3.8, 4) is 10.7 Å². The number of aryl methyl sites for hydroxylation is 2. The van der Waals surface area contributed by atoms with Crippen LogP contribution in [0.15, 0.2) is 29.6 Å². The van der Waals surface area contributed by atoms with Gasteiger partial charge in [0.1, 0.15) is 5.82 Å². The molecule has 20 heavy (non-hydrogen) atoms. The lowest BCUT2D eigenvalue weighted by Crippen LogP contribution is -2.03. The number of anilines is 1. The Morgan fingerprint density at radius 2 is 1.95 bits per heavy atom. The van der Waals surface area contributed by atoms with Gasteiger partial charge in [0, 0.05) is 11.9 Å². The largest absolute Gasteiger partial charge is 0.370 e. The quantitative estimate of drug-likeness (QED) is 0.774. The molecule has 0 saturated carbocycles. The zero-order valence-electron chi connectivity index (χ0n) is 11.9. The monoisotopic (exact) mass is 283 g/mol. The molecule has 0 amide bonds. The summed E-state index contributed by atoms with van der Waals surface area (Å²) in [5.41, 5.74) is 3.44. The minimum atomic E-state index is 0.815. The molecule has 1 N–H and O–H groups in total. The predicted molar refractivity (Wildman–Crippen MR) is 86.5 cm³/mol. The highest BCUT2D eigenvalue weighted by Crippen LogP contribution is 2.31. The second-order valence-corrected chi connectivity index (χ2v) is 5.75. The van der Waals surface area contributed by atoms with Crippen LogP contribution in [0.25, 0.3) is 21.6 Å². The first-order valence-electron chi connectivity index (χ1n) is 6.76. The van der Waals surface area contributed by atoms with Crippen LogP contribution in [0.3, 0.4) is 0 Å². The lowest BCUT2D eigenvalue weighted by atomic mass is 10.1. The van der Waals surface area contributed by atoms with E-state index < -0.39 is 0 Å². The second-order valence-electron chi connectivity index (χ2n) is 4.83. The van der Waals surface area contributed by atoms with Gasteiger partial charge in [-0.2, -0.15) is 0 Å². The molecule has 102 valence electrons. The lowest BCUT2D eigenvalue weighted by molar-refractivity contribution is 1.14. The van der Waals surface area contributed by atoms with E-state index >= 15 is 0 Å². The third-order valence-corrected chi connectivity index (χ3v) is 4.35. The highest BCUT2D eigenvalue weighted by atomic mass is 32.1. The number of thiophene rings is 1. The molecule has 0 radical (unpaired) electrons. The molecule has 0 aliphatic heterocycles. The molecule has 0 atom stereocenters. The zero-order chi connectivity index (χ0) is 14.1. The van der Waals surface area contributed by atoms with Gasteiger partial charge < -0.3 is 5.32 Å². The van der Waals surface area contributed by atoms with E-state index in [9.17, 15) is 0 Å². The van der Waals surface area contributed by atoms with E-state index in [0.29, 0.717) is 0 Å². The van der Waals surface area contributed by atoms with Crippen LogP contribution in [0.2, 0.25) is 0 Å². The standard InChI is InChI=1S/C16H17N3S/c1-4-17-15-12-7-5-6-10(2)13(12)18-16(19-15)14-11(3)8-9-20-14/h5-9H,4H2,1-3H3,(H,17,18,19). The Morgan fingerprint density at radius 3 is 2.65 bits per heavy atom. The number of hydrogen-bond donors (Lipinski definition) is 1. The molecule has 2 heterocycles. The minimum Gasteiger partial charge on any atom is -0.370 e. The van der Waals surface area contributed by atoms with Gasteiger partial charge in [0.2, 0.25) is 0 Å². The van der Waals surface area contributed by atoms with E-state index in [1.54, 1.807) is 11.3 Å². The molecule has 4 heteroatoms. The van der Waals surface area contributed by atoms with Crippen molar-refractivity contribution in [3.05, 3.63) is 40.8 Å². The topological polar surface area (TPSA) is 37.8 Å². The fourth-order valence-corrected chi connectivity index (χ4v) is 3.16. The van der Waals surface area contributed by atoms with Crippen molar-refractivity contribution in [2.24, 2.45) is 0 Å². The van der Waals surface area contributed by atoms with Crippen molar-refractivity contribution in [1.82, 2.24) is 9.97 Å². The number of nitrogens with one attached hydrogen (secondary N) is 1. The zero-order valence-corrected chi connectivity index (χ0v) is 12.7. The number of aromatic nitrogens is 2. The molecule has 0 unspecified atom stereocenters. The molecular formula is C16H17N3S. The number of rotatable bonds is 3. The fraction of sp³-hybridized carbons (Fsp3) is 0.250. The number of para-hydroxylation sites is 1. The van der Waals surface area contributed by atoms with Gasteiger partial charge in [0.25, 0.3) is 0 Å². The van der Waals surface area contributed by atoms with Crippen molar-refractivity contribution < 1.29 is 0 Å². The Kier molecular flexibility index (Phi) is 3.40. The first-order valence-corrected chi connectivity index (χ1v) is 7.64. The van der Waals surface area contributed by atoms with Crippen LogP contribution in [-0.4, -0.2) is 16.5 Å². The van der Waals surface area contributed by atoms with Gasteiger partial charge in [0.05, 0.1) is 10.4 Å². The van der Waals surface area contributed by atoms with Crippen molar-refractivity contribution in [2.75, 3.05) is 11.9 Å². The molecular weight excluding hydrogens is 266 g/mol. The predicted octanol–water partition coefficient (Wildman–Crippen LogP) is 4.41. The maximum absolute atomic E-state index is 4.78. The summed E-state index contributed by atoms with van der Waals surface area (Å²) in [6, 6.07) is 8.33. The highest BCUT2D eigenvalue weighted by Gasteiger charge is 2.12. The van der Waals surface area contributed by atoms with Gasteiger partial charge in [-0.3, -0.25) is 0 Å². The SMILES string of the molecule is CCNc1nc(-c2sccc2C)nc2c(C)cccc12. The number of nitrogens with zero attached hydrogens (tertiary/aromatic N) is 2. The van der Waals surface area contributed by atoms with E-state index in [4.69, 9.17) is 9.97 Å². The summed E-state index contributed by atoms with van der Waals surface area (Å²) < 4.78 is 0. The molecule has 0 aliphatic carbocycles. The summed E-state index contributed by atoms with van der Waals surface area (Å²) in [5.74, 6) is 1.74. The van der Waals surface area contributed by atoms with E-state index in [1.807, 2.05) is 0 Å². The van der Waals surface area contributed by atoms with Gasteiger partial charge in [-0.05, 0) is 49.4 Å². The second kappa shape index (κ2) is 5.21. The normalized spacial score (nSPS) is 10.9. The van der Waals surface area contributed by atoms with Crippen LogP contribution in [0.5, 0.6) is 0 Å². The molecule has 0 bridgehead atoms. The lowest BCUT2D eigenvalue weighted by Gasteiger charge is -2.10. The molecule has 0 spiro atoms. The molecule has 3 rings (SSSR count). The van der Waals surface area contributed by atoms with Crippen LogP contribution in [-0.2, 0) is 0 Å². The maximum atomic E-state index is 4.78. The Morgan fingerprint density at radius 1 is 1.10 bits per heavy atom. The van der Waals surface area contributed by atoms with E-state index in [1.165, 1.54) is 11.1 Å². The van der Waals surface area contributed by atoms with E-state index in [0.717, 1.165) is 34.0 Å². The smallest absolute Gasteiger partial charge is 0.172 e. The van der Waals surface area contributed by atoms with Crippen LogP contribution in [0.1, 0.15) is 18.1 Å². The van der Waals surface area contributed by atoms with Crippen LogP contribution in [0.4, 0.5) is 5.82 Å². The Balaban J connectivity index is 2.30. The third kappa shape index (κ3) is 2.16. The fourth-order valence-electron chi connectivity index (χ4n) is 2.30. The first-order chi connectivity index (χ1) is 9.70. The molecule has 3 nitrogen and oxygen atoms in total. The van der Waals surface area contributed by atoms with Crippen molar-refractivity contribution in [3.63, 3.8) is 0 Å². The van der Waals surface area contributed by atoms with E-state index in [2.05, 4.69) is 55.7 Å². The van der Waals surface area contributed by atoms with E-state index in [-0.39, 0.29) is 0 Å². The maximum Gasteiger partial charge on any atom is 0.172 e. The summed E-state index contributed by atoms with van der Waals surface area (Å²) in [5, 5.41) is 6.53. The Labute approximate surface area is 122 Å². The number of hydrogen-bond acceptors (Lipinski definition) is 4. The summed E-state index contributed by atoms with van der Waals surface area (Å²) in [4.78, 5) is 10.7. The van der Waals surface area contributed by atoms with Gasteiger partial charge in [-0.1, -0.05) is 12.1 Å². The van der Waals surface area contributed by atoms with Crippen molar-refractivity contribution >= 4 is 28.1 Å². The summed E-state index contributed by atoms with van der Waals surface area (Å²) >= 11 is 1.69. The minimum absolute atomic E-state index is 0.815. The average molecular weight is 283 g/mol. The molecule has 0 aliphatic rings. The van der Waals surface area contributed by atoms with Gasteiger partial charge >= 0.3 is 0 Å². The van der Waals surface area contributed by atoms with Crippen LogP contribution in [0, 0.1) is 13.8 Å². The average Bonchev–Trinajstić information content (AvgIpc) is 2.86. The summed E-state index contributed by atoms with van der Waals surface area (Å²) in [6.45, 7) is 7.13. The molecule has 1 aromatic carbocycles. The van der Waals surface area contributed by atoms with Crippen molar-refractivity contribution in [1.29, 1.82) is 0 Å². The van der Waals surface area contributed by atoms with Gasteiger partial charge in [0.15, 0.2) is 5.82 Å². The molecule has 0 saturated heterocycles. The number of benzene rings is 1. The summed E-state index contributed by atoms with van der Waals surface area (Å²) in [7, 11) is 0. The molecule has 3 aromatic rings. The highest BCUT2D eigenvalue weighted by molar-refractivity contribution is 7.13. The Hall–Kier alpha value is -1.94. The van der Waals surface area contributed by atoms with Gasteiger partial charge in [-0.15, -0.1) is 11.3 Å².